The maximum Gasteiger partial charge on any atom is 0.217 e. The molecule has 0 bridgehead atoms. The minimum atomic E-state index is -1.01. The van der Waals surface area contributed by atoms with Gasteiger partial charge in [-0.3, -0.25) is 4.79 Å². The topological polar surface area (TPSA) is 73.4 Å². The van der Waals surface area contributed by atoms with Crippen molar-refractivity contribution in [1.82, 2.24) is 10.6 Å². The van der Waals surface area contributed by atoms with Crippen molar-refractivity contribution in [2.45, 2.75) is 58.2 Å². The molecule has 4 N–H and O–H groups in total. The van der Waals surface area contributed by atoms with Crippen LogP contribution in [-0.2, 0) is 17.6 Å². The molecule has 0 spiro atoms. The first-order chi connectivity index (χ1) is 15.6. The summed E-state index contributed by atoms with van der Waals surface area (Å²) in [6, 6.07) is 5.71. The van der Waals surface area contributed by atoms with Crippen LogP contribution in [0.3, 0.4) is 0 Å². The van der Waals surface area contributed by atoms with E-state index in [1.807, 2.05) is 19.9 Å². The van der Waals surface area contributed by atoms with Crippen molar-refractivity contribution in [3.63, 3.8) is 0 Å². The van der Waals surface area contributed by atoms with Crippen molar-refractivity contribution in [1.29, 1.82) is 0 Å². The Labute approximate surface area is 192 Å². The second-order valence-corrected chi connectivity index (χ2v) is 9.16. The number of halogens is 3. The molecule has 5 nitrogen and oxygen atoms in total. The Kier molecular flexibility index (Phi) is 8.37. The van der Waals surface area contributed by atoms with Gasteiger partial charge in [0.15, 0.2) is 0 Å². The van der Waals surface area contributed by atoms with E-state index < -0.39 is 23.8 Å². The molecule has 0 saturated heterocycles. The maximum atomic E-state index is 14.5. The van der Waals surface area contributed by atoms with Crippen LogP contribution in [0.2, 0.25) is 0 Å². The smallest absolute Gasteiger partial charge is 0.217 e. The summed E-state index contributed by atoms with van der Waals surface area (Å²) in [6.45, 7) is 6.20. The predicted molar refractivity (Wildman–Crippen MR) is 122 cm³/mol. The van der Waals surface area contributed by atoms with Crippen molar-refractivity contribution in [2.75, 3.05) is 18.4 Å². The van der Waals surface area contributed by atoms with Crippen molar-refractivity contribution in [2.24, 2.45) is 5.92 Å². The van der Waals surface area contributed by atoms with Gasteiger partial charge in [-0.15, -0.1) is 0 Å². The Bertz CT molecular complexity index is 963. The second-order valence-electron chi connectivity index (χ2n) is 9.16. The molecular weight excluding hydrogens is 431 g/mol. The summed E-state index contributed by atoms with van der Waals surface area (Å²) in [5.74, 6) is -1.70. The first kappa shape index (κ1) is 25.1. The molecule has 0 aromatic heterocycles. The van der Waals surface area contributed by atoms with Gasteiger partial charge in [0.05, 0.1) is 12.1 Å². The van der Waals surface area contributed by atoms with Gasteiger partial charge < -0.3 is 21.1 Å². The summed E-state index contributed by atoms with van der Waals surface area (Å²) in [7, 11) is 0. The lowest BCUT2D eigenvalue weighted by Gasteiger charge is -2.31. The standard InChI is InChI=1S/C25H32F3N3O2/c1-14(2)6-17-10-20-22(4-5-29-23(20)12-21(17)28)30-13-25(33)24(31-15(3)32)9-16-7-18(26)11-19(27)8-16/h7-8,10-12,14,22,24-25,29-30,33H,4-6,9,13H2,1-3H3,(H,31,32)/t22-,24-,25-/m0/s1. The quantitative estimate of drug-likeness (QED) is 0.456. The number of nitrogens with one attached hydrogen (secondary N) is 3. The zero-order valence-electron chi connectivity index (χ0n) is 19.2. The summed E-state index contributed by atoms with van der Waals surface area (Å²) in [5, 5.41) is 20.0. The van der Waals surface area contributed by atoms with Crippen molar-refractivity contribution in [3.8, 4) is 0 Å². The molecule has 3 rings (SSSR count). The Morgan fingerprint density at radius 1 is 1.12 bits per heavy atom. The fourth-order valence-corrected chi connectivity index (χ4v) is 4.33. The number of anilines is 1. The van der Waals surface area contributed by atoms with Crippen molar-refractivity contribution < 1.29 is 23.1 Å². The van der Waals surface area contributed by atoms with Crippen molar-refractivity contribution in [3.05, 3.63) is 64.5 Å². The lowest BCUT2D eigenvalue weighted by molar-refractivity contribution is -0.120. The second kappa shape index (κ2) is 11.0. The van der Waals surface area contributed by atoms with E-state index in [0.717, 1.165) is 23.7 Å². The third-order valence-corrected chi connectivity index (χ3v) is 5.78. The van der Waals surface area contributed by atoms with Gasteiger partial charge in [0.1, 0.15) is 17.5 Å². The molecule has 1 heterocycles. The summed E-state index contributed by atoms with van der Waals surface area (Å²) in [4.78, 5) is 11.7. The highest BCUT2D eigenvalue weighted by Gasteiger charge is 2.26. The number of hydrogen-bond acceptors (Lipinski definition) is 4. The fraction of sp³-hybridized carbons (Fsp3) is 0.480. The maximum absolute atomic E-state index is 14.5. The fourth-order valence-electron chi connectivity index (χ4n) is 4.33. The van der Waals surface area contributed by atoms with Gasteiger partial charge in [-0.2, -0.15) is 0 Å². The molecule has 1 aliphatic heterocycles. The molecule has 0 unspecified atom stereocenters. The SMILES string of the molecule is CC(=O)N[C@@H](Cc1cc(F)cc(F)c1)[C@@H](O)CN[C@H]1CCNc2cc(F)c(CC(C)C)cc21. The van der Waals surface area contributed by atoms with Gasteiger partial charge in [-0.05, 0) is 66.1 Å². The molecule has 0 radical (unpaired) electrons. The molecule has 2 aromatic carbocycles. The van der Waals surface area contributed by atoms with Gasteiger partial charge in [-0.25, -0.2) is 13.2 Å². The first-order valence-electron chi connectivity index (χ1n) is 11.3. The lowest BCUT2D eigenvalue weighted by Crippen LogP contribution is -2.48. The van der Waals surface area contributed by atoms with Gasteiger partial charge in [0.25, 0.3) is 0 Å². The number of hydrogen-bond donors (Lipinski definition) is 4. The Morgan fingerprint density at radius 3 is 2.45 bits per heavy atom. The average molecular weight is 464 g/mol. The van der Waals surface area contributed by atoms with Crippen LogP contribution in [0.5, 0.6) is 0 Å². The van der Waals surface area contributed by atoms with E-state index in [1.165, 1.54) is 25.1 Å². The van der Waals surface area contributed by atoms with E-state index in [9.17, 15) is 23.1 Å². The zero-order chi connectivity index (χ0) is 24.1. The molecular formula is C25H32F3N3O2. The van der Waals surface area contributed by atoms with Gasteiger partial charge >= 0.3 is 0 Å². The van der Waals surface area contributed by atoms with E-state index in [0.29, 0.717) is 30.0 Å². The monoisotopic (exact) mass is 463 g/mol. The van der Waals surface area contributed by atoms with Gasteiger partial charge in [0, 0.05) is 37.8 Å². The molecule has 0 fully saturated rings. The number of fused-ring (bicyclic) bond motifs is 1. The number of aliphatic hydroxyl groups excluding tert-OH is 1. The van der Waals surface area contributed by atoms with Crippen molar-refractivity contribution >= 4 is 11.6 Å². The van der Waals surface area contributed by atoms with E-state index in [-0.39, 0.29) is 30.7 Å². The Balaban J connectivity index is 1.72. The lowest BCUT2D eigenvalue weighted by atomic mass is 9.92. The van der Waals surface area contributed by atoms with Crippen LogP contribution in [0.4, 0.5) is 18.9 Å². The minimum absolute atomic E-state index is 0.0731. The molecule has 1 aliphatic rings. The van der Waals surface area contributed by atoms with Gasteiger partial charge in [0.2, 0.25) is 5.91 Å². The third-order valence-electron chi connectivity index (χ3n) is 5.78. The molecule has 180 valence electrons. The normalized spacial score (nSPS) is 17.3. The van der Waals surface area contributed by atoms with Crippen LogP contribution >= 0.6 is 0 Å². The van der Waals surface area contributed by atoms with E-state index >= 15 is 0 Å². The highest BCUT2D eigenvalue weighted by Crippen LogP contribution is 2.33. The number of rotatable bonds is 9. The summed E-state index contributed by atoms with van der Waals surface area (Å²) in [6.07, 6.45) is 0.438. The van der Waals surface area contributed by atoms with E-state index in [2.05, 4.69) is 16.0 Å². The third kappa shape index (κ3) is 6.95. The number of carbonyl (C=O) groups is 1. The summed E-state index contributed by atoms with van der Waals surface area (Å²) < 4.78 is 41.6. The molecule has 8 heteroatoms. The van der Waals surface area contributed by atoms with Crippen LogP contribution in [0.1, 0.15) is 49.9 Å². The van der Waals surface area contributed by atoms with Crippen LogP contribution in [0.25, 0.3) is 0 Å². The largest absolute Gasteiger partial charge is 0.390 e. The molecule has 1 amide bonds. The molecule has 0 aliphatic carbocycles. The first-order valence-corrected chi connectivity index (χ1v) is 11.3. The predicted octanol–water partition coefficient (Wildman–Crippen LogP) is 3.86. The summed E-state index contributed by atoms with van der Waals surface area (Å²) in [5.41, 5.74) is 2.66. The average Bonchev–Trinajstić information content (AvgIpc) is 2.70. The number of amides is 1. The zero-order valence-corrected chi connectivity index (χ0v) is 19.2. The van der Waals surface area contributed by atoms with Crippen LogP contribution in [0, 0.1) is 23.4 Å². The molecule has 3 atom stereocenters. The number of benzene rings is 2. The van der Waals surface area contributed by atoms with Crippen LogP contribution in [-0.4, -0.2) is 36.2 Å². The van der Waals surface area contributed by atoms with Crippen LogP contribution < -0.4 is 16.0 Å². The minimum Gasteiger partial charge on any atom is -0.390 e. The van der Waals surface area contributed by atoms with E-state index in [1.54, 1.807) is 0 Å². The number of aliphatic hydroxyl groups is 1. The molecule has 2 aromatic rings. The highest BCUT2D eigenvalue weighted by atomic mass is 19.1. The van der Waals surface area contributed by atoms with Gasteiger partial charge in [-0.1, -0.05) is 13.8 Å². The van der Waals surface area contributed by atoms with Crippen LogP contribution in [0.15, 0.2) is 30.3 Å². The Hall–Kier alpha value is -2.58. The molecule has 33 heavy (non-hydrogen) atoms. The molecule has 0 saturated carbocycles. The van der Waals surface area contributed by atoms with E-state index in [4.69, 9.17) is 0 Å². The number of carbonyl (C=O) groups excluding carboxylic acids is 1. The Morgan fingerprint density at radius 2 is 1.82 bits per heavy atom. The summed E-state index contributed by atoms with van der Waals surface area (Å²) >= 11 is 0. The highest BCUT2D eigenvalue weighted by molar-refractivity contribution is 5.73.